The molecule has 0 N–H and O–H groups in total. The van der Waals surface area contributed by atoms with E-state index >= 15 is 0 Å². The maximum Gasteiger partial charge on any atom is 0.243 e. The fourth-order valence-electron chi connectivity index (χ4n) is 4.50. The predicted octanol–water partition coefficient (Wildman–Crippen LogP) is 4.82. The number of imidazole rings is 1. The number of oxazole rings is 1. The number of amides is 1. The molecule has 6 nitrogen and oxygen atoms in total. The molecule has 0 saturated carbocycles. The first-order chi connectivity index (χ1) is 15.6. The highest BCUT2D eigenvalue weighted by Gasteiger charge is 2.32. The van der Waals surface area contributed by atoms with Gasteiger partial charge in [0.15, 0.2) is 0 Å². The number of aryl methyl sites for hydroxylation is 1. The molecule has 1 saturated heterocycles. The second-order valence-corrected chi connectivity index (χ2v) is 8.27. The minimum Gasteiger partial charge on any atom is -0.443 e. The first kappa shape index (κ1) is 20.4. The summed E-state index contributed by atoms with van der Waals surface area (Å²) >= 11 is 0. The molecular weight excluding hydrogens is 407 g/mol. The lowest BCUT2D eigenvalue weighted by Gasteiger charge is -2.34. The van der Waals surface area contributed by atoms with Gasteiger partial charge in [0.1, 0.15) is 30.0 Å². The van der Waals surface area contributed by atoms with Gasteiger partial charge in [0.05, 0.1) is 17.2 Å². The Morgan fingerprint density at radius 2 is 1.97 bits per heavy atom. The van der Waals surface area contributed by atoms with Crippen LogP contribution in [-0.2, 0) is 17.8 Å². The average molecular weight is 432 g/mol. The lowest BCUT2D eigenvalue weighted by molar-refractivity contribution is -0.136. The summed E-state index contributed by atoms with van der Waals surface area (Å²) in [6.07, 6.45) is 4.74. The van der Waals surface area contributed by atoms with Crippen LogP contribution in [0.3, 0.4) is 0 Å². The molecule has 2 aromatic carbocycles. The highest BCUT2D eigenvalue weighted by Crippen LogP contribution is 2.31. The van der Waals surface area contributed by atoms with Crippen molar-refractivity contribution < 1.29 is 13.6 Å². The third-order valence-corrected chi connectivity index (χ3v) is 6.14. The van der Waals surface area contributed by atoms with Crippen LogP contribution in [0.25, 0.3) is 11.0 Å². The number of carbonyl (C=O) groups is 1. The Hall–Kier alpha value is -3.48. The van der Waals surface area contributed by atoms with Gasteiger partial charge >= 0.3 is 0 Å². The van der Waals surface area contributed by atoms with Gasteiger partial charge in [0, 0.05) is 13.0 Å². The zero-order chi connectivity index (χ0) is 22.1. The lowest BCUT2D eigenvalue weighted by Crippen LogP contribution is -2.40. The third-order valence-electron chi connectivity index (χ3n) is 6.14. The van der Waals surface area contributed by atoms with E-state index in [4.69, 9.17) is 4.42 Å². The smallest absolute Gasteiger partial charge is 0.243 e. The van der Waals surface area contributed by atoms with Gasteiger partial charge in [-0.05, 0) is 49.9 Å². The monoisotopic (exact) mass is 432 g/mol. The molecule has 1 amide bonds. The fraction of sp³-hybridized carbons (Fsp3) is 0.320. The number of aromatic nitrogens is 3. The molecule has 0 spiro atoms. The van der Waals surface area contributed by atoms with E-state index in [1.165, 1.54) is 6.07 Å². The normalized spacial score (nSPS) is 16.6. The molecule has 32 heavy (non-hydrogen) atoms. The molecule has 0 aliphatic carbocycles. The van der Waals surface area contributed by atoms with E-state index in [-0.39, 0.29) is 24.3 Å². The Kier molecular flexibility index (Phi) is 5.47. The van der Waals surface area contributed by atoms with E-state index < -0.39 is 0 Å². The van der Waals surface area contributed by atoms with Crippen LogP contribution in [0.2, 0.25) is 0 Å². The summed E-state index contributed by atoms with van der Waals surface area (Å²) in [5, 5.41) is 0. The molecule has 0 radical (unpaired) electrons. The summed E-state index contributed by atoms with van der Waals surface area (Å²) in [5.74, 6) is 1.70. The van der Waals surface area contributed by atoms with Crippen molar-refractivity contribution in [2.45, 2.75) is 45.2 Å². The molecule has 7 heteroatoms. The van der Waals surface area contributed by atoms with E-state index in [9.17, 15) is 9.18 Å². The Bertz CT molecular complexity index is 1260. The molecule has 2 aromatic heterocycles. The second-order valence-electron chi connectivity index (χ2n) is 8.27. The number of para-hydroxylation sites is 2. The van der Waals surface area contributed by atoms with Gasteiger partial charge in [-0.25, -0.2) is 14.4 Å². The zero-order valence-corrected chi connectivity index (χ0v) is 18.0. The number of halogens is 1. The number of fused-ring (bicyclic) bond motifs is 1. The van der Waals surface area contributed by atoms with Crippen molar-refractivity contribution in [2.75, 3.05) is 6.54 Å². The number of carbonyl (C=O) groups excluding carboxylic acids is 1. The van der Waals surface area contributed by atoms with Gasteiger partial charge in [-0.3, -0.25) is 4.79 Å². The quantitative estimate of drug-likeness (QED) is 0.454. The minimum absolute atomic E-state index is 0.0230. The second kappa shape index (κ2) is 8.57. The van der Waals surface area contributed by atoms with Gasteiger partial charge in [-0.15, -0.1) is 0 Å². The fourth-order valence-corrected chi connectivity index (χ4v) is 4.50. The van der Waals surface area contributed by atoms with Crippen LogP contribution in [0.4, 0.5) is 4.39 Å². The molecule has 0 bridgehead atoms. The topological polar surface area (TPSA) is 64.2 Å². The number of likely N-dealkylation sites (tertiary alicyclic amines) is 1. The van der Waals surface area contributed by atoms with Crippen molar-refractivity contribution in [3.8, 4) is 0 Å². The number of piperidine rings is 1. The average Bonchev–Trinajstić information content (AvgIpc) is 3.40. The van der Waals surface area contributed by atoms with E-state index in [1.54, 1.807) is 24.4 Å². The van der Waals surface area contributed by atoms with Crippen LogP contribution >= 0.6 is 0 Å². The largest absolute Gasteiger partial charge is 0.443 e. The summed E-state index contributed by atoms with van der Waals surface area (Å²) in [5.41, 5.74) is 2.41. The Morgan fingerprint density at radius 3 is 2.84 bits per heavy atom. The van der Waals surface area contributed by atoms with E-state index in [2.05, 4.69) is 9.97 Å². The summed E-state index contributed by atoms with van der Waals surface area (Å²) in [6.45, 7) is 2.82. The molecule has 3 heterocycles. The minimum atomic E-state index is -0.261. The van der Waals surface area contributed by atoms with Crippen molar-refractivity contribution in [2.24, 2.45) is 0 Å². The predicted molar refractivity (Wildman–Crippen MR) is 118 cm³/mol. The number of rotatable bonds is 5. The third kappa shape index (κ3) is 3.90. The van der Waals surface area contributed by atoms with Crippen LogP contribution in [0, 0.1) is 12.7 Å². The van der Waals surface area contributed by atoms with Crippen molar-refractivity contribution in [1.29, 1.82) is 0 Å². The molecule has 0 unspecified atom stereocenters. The SMILES string of the molecule is Cc1nc2ccccc2n1CC(=O)N1CCCC[C@@H]1c1ncc(Cc2ccccc2F)o1. The van der Waals surface area contributed by atoms with Gasteiger partial charge in [-0.2, -0.15) is 0 Å². The van der Waals surface area contributed by atoms with E-state index in [0.717, 1.165) is 36.1 Å². The number of hydrogen-bond acceptors (Lipinski definition) is 4. The van der Waals surface area contributed by atoms with Crippen molar-refractivity contribution in [3.05, 3.63) is 83.6 Å². The first-order valence-electron chi connectivity index (χ1n) is 11.0. The Morgan fingerprint density at radius 1 is 1.16 bits per heavy atom. The maximum absolute atomic E-state index is 14.0. The van der Waals surface area contributed by atoms with Gasteiger partial charge in [0.25, 0.3) is 0 Å². The molecule has 164 valence electrons. The summed E-state index contributed by atoms with van der Waals surface area (Å²) in [4.78, 5) is 24.2. The Labute approximate surface area is 185 Å². The zero-order valence-electron chi connectivity index (χ0n) is 18.0. The first-order valence-corrected chi connectivity index (χ1v) is 11.0. The highest BCUT2D eigenvalue weighted by atomic mass is 19.1. The number of nitrogens with zero attached hydrogens (tertiary/aromatic N) is 4. The number of hydrogen-bond donors (Lipinski definition) is 0. The highest BCUT2D eigenvalue weighted by molar-refractivity contribution is 5.81. The molecule has 1 aliphatic rings. The summed E-state index contributed by atoms with van der Waals surface area (Å²) < 4.78 is 22.0. The van der Waals surface area contributed by atoms with Crippen LogP contribution < -0.4 is 0 Å². The summed E-state index contributed by atoms with van der Waals surface area (Å²) in [7, 11) is 0. The standard InChI is InChI=1S/C25H25FN4O2/c1-17-28-21-10-4-5-11-22(21)30(17)16-24(31)29-13-7-6-12-23(29)25-27-15-19(32-25)14-18-8-2-3-9-20(18)26/h2-5,8-11,15,23H,6-7,12-14,16H2,1H3/t23-/m1/s1. The van der Waals surface area contributed by atoms with Crippen LogP contribution in [0.5, 0.6) is 0 Å². The van der Waals surface area contributed by atoms with E-state index in [1.807, 2.05) is 40.7 Å². The maximum atomic E-state index is 14.0. The van der Waals surface area contributed by atoms with Crippen molar-refractivity contribution in [3.63, 3.8) is 0 Å². The van der Waals surface area contributed by atoms with E-state index in [0.29, 0.717) is 30.2 Å². The Balaban J connectivity index is 1.36. The van der Waals surface area contributed by atoms with Crippen molar-refractivity contribution in [1.82, 2.24) is 19.4 Å². The molecular formula is C25H25FN4O2. The van der Waals surface area contributed by atoms with Gasteiger partial charge < -0.3 is 13.9 Å². The van der Waals surface area contributed by atoms with Crippen LogP contribution in [-0.4, -0.2) is 31.9 Å². The van der Waals surface area contributed by atoms with Gasteiger partial charge in [0.2, 0.25) is 11.8 Å². The van der Waals surface area contributed by atoms with Crippen molar-refractivity contribution >= 4 is 16.9 Å². The molecule has 5 rings (SSSR count). The van der Waals surface area contributed by atoms with Gasteiger partial charge in [-0.1, -0.05) is 30.3 Å². The molecule has 1 aliphatic heterocycles. The molecule has 4 aromatic rings. The number of benzene rings is 2. The molecule has 1 fully saturated rings. The molecule has 1 atom stereocenters. The lowest BCUT2D eigenvalue weighted by atomic mass is 10.0. The summed E-state index contributed by atoms with van der Waals surface area (Å²) in [6, 6.07) is 14.3. The van der Waals surface area contributed by atoms with Crippen LogP contribution in [0.1, 0.15) is 48.3 Å². The van der Waals surface area contributed by atoms with Crippen LogP contribution in [0.15, 0.2) is 59.1 Å².